The minimum atomic E-state index is -0.953. The van der Waals surface area contributed by atoms with E-state index in [0.717, 1.165) is 11.1 Å². The maximum atomic E-state index is 13.0. The first-order chi connectivity index (χ1) is 14.8. The summed E-state index contributed by atoms with van der Waals surface area (Å²) in [4.78, 5) is 45.0. The minimum absolute atomic E-state index is 0.0667. The number of amides is 2. The molecule has 0 saturated heterocycles. The number of rotatable bonds is 4. The molecule has 31 heavy (non-hydrogen) atoms. The number of hydrogen-bond donors (Lipinski definition) is 4. The molecule has 0 spiro atoms. The third-order valence-electron chi connectivity index (χ3n) is 4.86. The van der Waals surface area contributed by atoms with Crippen LogP contribution in [0.3, 0.4) is 0 Å². The lowest BCUT2D eigenvalue weighted by Crippen LogP contribution is -2.36. The van der Waals surface area contributed by atoms with Gasteiger partial charge in [0.25, 0.3) is 5.56 Å². The first-order valence-electron chi connectivity index (χ1n) is 9.64. The predicted octanol–water partition coefficient (Wildman–Crippen LogP) is 3.85. The van der Waals surface area contributed by atoms with E-state index in [0.29, 0.717) is 16.4 Å². The summed E-state index contributed by atoms with van der Waals surface area (Å²) in [5, 5.41) is 8.93. The second-order valence-corrected chi connectivity index (χ2v) is 7.92. The summed E-state index contributed by atoms with van der Waals surface area (Å²) < 4.78 is 0. The van der Waals surface area contributed by atoms with Crippen LogP contribution in [0.25, 0.3) is 0 Å². The molecule has 8 nitrogen and oxygen atoms in total. The van der Waals surface area contributed by atoms with E-state index in [1.165, 1.54) is 0 Å². The fraction of sp³-hybridized carbons (Fsp3) is 0.182. The van der Waals surface area contributed by atoms with Crippen LogP contribution < -0.4 is 21.5 Å². The number of aromatic amines is 1. The molecule has 1 unspecified atom stereocenters. The van der Waals surface area contributed by atoms with Crippen LogP contribution in [0.5, 0.6) is 0 Å². The standard InChI is InChI=1S/C22H20ClN5O3/c1-11-7-12(2)9-15(8-11)24-20(30)16-10-17(29)26-19-18(16)21(31)28-22(27-19)25-14-5-3-13(23)4-6-14/h3-9,16H,10H2,1-2H3,(H,24,30)(H3,25,26,27,28,29,31). The summed E-state index contributed by atoms with van der Waals surface area (Å²) in [6.45, 7) is 3.85. The van der Waals surface area contributed by atoms with Gasteiger partial charge in [0.2, 0.25) is 17.8 Å². The topological polar surface area (TPSA) is 116 Å². The Balaban J connectivity index is 1.64. The van der Waals surface area contributed by atoms with Gasteiger partial charge in [-0.05, 0) is 61.4 Å². The van der Waals surface area contributed by atoms with Crippen LogP contribution in [-0.2, 0) is 9.59 Å². The number of H-pyrrole nitrogens is 1. The second-order valence-electron chi connectivity index (χ2n) is 7.48. The number of carbonyl (C=O) groups is 2. The lowest BCUT2D eigenvalue weighted by atomic mass is 9.92. The van der Waals surface area contributed by atoms with Gasteiger partial charge in [-0.15, -0.1) is 0 Å². The number of benzene rings is 2. The number of nitrogens with zero attached hydrogens (tertiary/aromatic N) is 1. The zero-order valence-corrected chi connectivity index (χ0v) is 17.6. The number of anilines is 4. The predicted molar refractivity (Wildman–Crippen MR) is 120 cm³/mol. The highest BCUT2D eigenvalue weighted by Crippen LogP contribution is 2.30. The molecule has 0 fully saturated rings. The lowest BCUT2D eigenvalue weighted by molar-refractivity contribution is -0.123. The van der Waals surface area contributed by atoms with Crippen molar-refractivity contribution in [3.63, 3.8) is 0 Å². The summed E-state index contributed by atoms with van der Waals surface area (Å²) in [6.07, 6.45) is -0.141. The van der Waals surface area contributed by atoms with E-state index >= 15 is 0 Å². The van der Waals surface area contributed by atoms with Crippen molar-refractivity contribution in [2.45, 2.75) is 26.2 Å². The third-order valence-corrected chi connectivity index (χ3v) is 5.12. The number of fused-ring (bicyclic) bond motifs is 1. The lowest BCUT2D eigenvalue weighted by Gasteiger charge is -2.23. The van der Waals surface area contributed by atoms with Crippen LogP contribution in [0.15, 0.2) is 47.3 Å². The normalized spacial score (nSPS) is 15.1. The zero-order valence-electron chi connectivity index (χ0n) is 16.9. The van der Waals surface area contributed by atoms with Crippen LogP contribution in [0, 0.1) is 13.8 Å². The van der Waals surface area contributed by atoms with Gasteiger partial charge in [0.1, 0.15) is 5.82 Å². The summed E-state index contributed by atoms with van der Waals surface area (Å²) in [5.41, 5.74) is 2.88. The van der Waals surface area contributed by atoms with E-state index in [9.17, 15) is 14.4 Å². The van der Waals surface area contributed by atoms with E-state index in [1.54, 1.807) is 24.3 Å². The SMILES string of the molecule is Cc1cc(C)cc(NC(=O)C2CC(=O)Nc3nc(Nc4ccc(Cl)cc4)[nH]c(=O)c32)c1. The largest absolute Gasteiger partial charge is 0.326 e. The van der Waals surface area contributed by atoms with E-state index in [1.807, 2.05) is 32.0 Å². The van der Waals surface area contributed by atoms with Gasteiger partial charge < -0.3 is 16.0 Å². The van der Waals surface area contributed by atoms with Gasteiger partial charge in [-0.2, -0.15) is 4.98 Å². The Morgan fingerprint density at radius 3 is 2.42 bits per heavy atom. The Kier molecular flexibility index (Phi) is 5.48. The fourth-order valence-corrected chi connectivity index (χ4v) is 3.73. The molecule has 4 rings (SSSR count). The maximum absolute atomic E-state index is 13.0. The molecule has 0 saturated carbocycles. The Morgan fingerprint density at radius 1 is 1.06 bits per heavy atom. The zero-order chi connectivity index (χ0) is 22.1. The highest BCUT2D eigenvalue weighted by atomic mass is 35.5. The van der Waals surface area contributed by atoms with Gasteiger partial charge in [-0.25, -0.2) is 0 Å². The molecule has 4 N–H and O–H groups in total. The smallest absolute Gasteiger partial charge is 0.258 e. The van der Waals surface area contributed by atoms with Gasteiger partial charge in [-0.1, -0.05) is 17.7 Å². The van der Waals surface area contributed by atoms with Gasteiger partial charge in [0.15, 0.2) is 0 Å². The summed E-state index contributed by atoms with van der Waals surface area (Å²) in [5.74, 6) is -1.57. The van der Waals surface area contributed by atoms with Gasteiger partial charge in [-0.3, -0.25) is 19.4 Å². The van der Waals surface area contributed by atoms with E-state index in [-0.39, 0.29) is 29.7 Å². The molecule has 9 heteroatoms. The van der Waals surface area contributed by atoms with E-state index in [4.69, 9.17) is 11.6 Å². The van der Waals surface area contributed by atoms with Gasteiger partial charge >= 0.3 is 0 Å². The average molecular weight is 438 g/mol. The van der Waals surface area contributed by atoms with Crippen molar-refractivity contribution in [1.82, 2.24) is 9.97 Å². The van der Waals surface area contributed by atoms with Crippen LogP contribution in [0.4, 0.5) is 23.1 Å². The molecule has 2 heterocycles. The van der Waals surface area contributed by atoms with Gasteiger partial charge in [0, 0.05) is 22.8 Å². The van der Waals surface area contributed by atoms with Crippen LogP contribution in [0.1, 0.15) is 29.0 Å². The summed E-state index contributed by atoms with van der Waals surface area (Å²) in [6, 6.07) is 12.5. The first kappa shape index (κ1) is 20.6. The quantitative estimate of drug-likeness (QED) is 0.494. The van der Waals surface area contributed by atoms with Crippen molar-refractivity contribution in [1.29, 1.82) is 0 Å². The number of nitrogens with one attached hydrogen (secondary N) is 4. The Hall–Kier alpha value is -3.65. The second kappa shape index (κ2) is 8.23. The van der Waals surface area contributed by atoms with Crippen LogP contribution in [-0.4, -0.2) is 21.8 Å². The molecule has 3 aromatic rings. The molecule has 1 aromatic heterocycles. The number of halogens is 1. The highest BCUT2D eigenvalue weighted by Gasteiger charge is 2.34. The summed E-state index contributed by atoms with van der Waals surface area (Å²) in [7, 11) is 0. The molecule has 1 aliphatic heterocycles. The van der Waals surface area contributed by atoms with Crippen LogP contribution in [0.2, 0.25) is 5.02 Å². The maximum Gasteiger partial charge on any atom is 0.258 e. The van der Waals surface area contributed by atoms with Crippen molar-refractivity contribution in [3.05, 3.63) is 74.5 Å². The average Bonchev–Trinajstić information content (AvgIpc) is 2.68. The van der Waals surface area contributed by atoms with Crippen molar-refractivity contribution in [3.8, 4) is 0 Å². The van der Waals surface area contributed by atoms with E-state index in [2.05, 4.69) is 25.9 Å². The van der Waals surface area contributed by atoms with Crippen molar-refractivity contribution in [2.75, 3.05) is 16.0 Å². The Labute approximate surface area is 183 Å². The molecule has 1 atom stereocenters. The molecular formula is C22H20ClN5O3. The number of hydrogen-bond acceptors (Lipinski definition) is 5. The van der Waals surface area contributed by atoms with Gasteiger partial charge in [0.05, 0.1) is 11.5 Å². The molecule has 0 aliphatic carbocycles. The Bertz CT molecular complexity index is 1220. The molecule has 1 aliphatic rings. The minimum Gasteiger partial charge on any atom is -0.326 e. The molecular weight excluding hydrogens is 418 g/mol. The van der Waals surface area contributed by atoms with Crippen molar-refractivity contribution in [2.24, 2.45) is 0 Å². The number of carbonyl (C=O) groups excluding carboxylic acids is 2. The highest BCUT2D eigenvalue weighted by molar-refractivity contribution is 6.30. The summed E-state index contributed by atoms with van der Waals surface area (Å²) >= 11 is 5.89. The Morgan fingerprint density at radius 2 is 1.74 bits per heavy atom. The van der Waals surface area contributed by atoms with Crippen LogP contribution >= 0.6 is 11.6 Å². The molecule has 2 amide bonds. The third kappa shape index (κ3) is 4.59. The monoisotopic (exact) mass is 437 g/mol. The number of aromatic nitrogens is 2. The molecule has 0 radical (unpaired) electrons. The fourth-order valence-electron chi connectivity index (χ4n) is 3.60. The van der Waals surface area contributed by atoms with E-state index < -0.39 is 17.4 Å². The number of aryl methyl sites for hydroxylation is 2. The van der Waals surface area contributed by atoms with Crippen molar-refractivity contribution < 1.29 is 9.59 Å². The first-order valence-corrected chi connectivity index (χ1v) is 10.0. The van der Waals surface area contributed by atoms with Crippen molar-refractivity contribution >= 4 is 46.6 Å². The molecule has 2 aromatic carbocycles. The molecule has 158 valence electrons. The molecule has 0 bridgehead atoms.